The Balaban J connectivity index is 1.67. The average molecular weight is 294 g/mol. The maximum absolute atomic E-state index is 3.73. The first-order valence-corrected chi connectivity index (χ1v) is 8.20. The number of benzene rings is 2. The third kappa shape index (κ3) is 3.76. The van der Waals surface area contributed by atoms with Crippen LogP contribution in [0.3, 0.4) is 0 Å². The number of nitrogens with one attached hydrogen (secondary N) is 1. The molecule has 1 heterocycles. The quantitative estimate of drug-likeness (QED) is 0.928. The van der Waals surface area contributed by atoms with Crippen molar-refractivity contribution in [2.45, 2.75) is 38.4 Å². The van der Waals surface area contributed by atoms with Gasteiger partial charge in [-0.05, 0) is 31.4 Å². The third-order valence-electron chi connectivity index (χ3n) is 4.66. The van der Waals surface area contributed by atoms with E-state index in [9.17, 15) is 0 Å². The highest BCUT2D eigenvalue weighted by Crippen LogP contribution is 2.22. The Morgan fingerprint density at radius 1 is 0.955 bits per heavy atom. The first kappa shape index (κ1) is 15.3. The maximum Gasteiger partial charge on any atom is 0.0281 e. The second kappa shape index (κ2) is 6.64. The highest BCUT2D eigenvalue weighted by atomic mass is 15.3. The fourth-order valence-corrected chi connectivity index (χ4v) is 3.20. The topological polar surface area (TPSA) is 15.3 Å². The summed E-state index contributed by atoms with van der Waals surface area (Å²) in [6.45, 7) is 7.83. The van der Waals surface area contributed by atoms with E-state index in [4.69, 9.17) is 0 Å². The third-order valence-corrected chi connectivity index (χ3v) is 4.66. The SMILES string of the molecule is CC1(C)CNC(Cc2ccccc2)CN1Cc1ccccc1. The molecule has 0 spiro atoms. The van der Waals surface area contributed by atoms with Crippen LogP contribution in [-0.2, 0) is 13.0 Å². The molecule has 1 fully saturated rings. The average Bonchev–Trinajstić information content (AvgIpc) is 2.53. The molecule has 0 radical (unpaired) electrons. The molecule has 0 saturated carbocycles. The number of nitrogens with zero attached hydrogens (tertiary/aromatic N) is 1. The number of rotatable bonds is 4. The Labute approximate surface area is 134 Å². The fraction of sp³-hybridized carbons (Fsp3) is 0.400. The predicted molar refractivity (Wildman–Crippen MR) is 92.9 cm³/mol. The minimum Gasteiger partial charge on any atom is -0.311 e. The van der Waals surface area contributed by atoms with Gasteiger partial charge in [0.1, 0.15) is 0 Å². The highest BCUT2D eigenvalue weighted by molar-refractivity contribution is 5.18. The second-order valence-electron chi connectivity index (χ2n) is 6.95. The summed E-state index contributed by atoms with van der Waals surface area (Å²) in [5, 5.41) is 3.73. The monoisotopic (exact) mass is 294 g/mol. The van der Waals surface area contributed by atoms with Gasteiger partial charge >= 0.3 is 0 Å². The van der Waals surface area contributed by atoms with E-state index in [1.54, 1.807) is 0 Å². The van der Waals surface area contributed by atoms with Gasteiger partial charge in [-0.3, -0.25) is 4.90 Å². The van der Waals surface area contributed by atoms with Crippen LogP contribution < -0.4 is 5.32 Å². The second-order valence-corrected chi connectivity index (χ2v) is 6.95. The Bertz CT molecular complexity index is 577. The smallest absolute Gasteiger partial charge is 0.0281 e. The molecule has 1 saturated heterocycles. The molecule has 1 unspecified atom stereocenters. The lowest BCUT2D eigenvalue weighted by Crippen LogP contribution is -2.61. The van der Waals surface area contributed by atoms with Crippen molar-refractivity contribution >= 4 is 0 Å². The summed E-state index contributed by atoms with van der Waals surface area (Å²) in [5.41, 5.74) is 3.01. The zero-order valence-electron chi connectivity index (χ0n) is 13.6. The molecule has 0 amide bonds. The highest BCUT2D eigenvalue weighted by Gasteiger charge is 2.33. The van der Waals surface area contributed by atoms with E-state index in [1.807, 2.05) is 0 Å². The molecule has 0 aliphatic carbocycles. The molecule has 1 atom stereocenters. The van der Waals surface area contributed by atoms with Crippen molar-refractivity contribution in [2.75, 3.05) is 13.1 Å². The molecular weight excluding hydrogens is 268 g/mol. The Hall–Kier alpha value is -1.64. The lowest BCUT2D eigenvalue weighted by molar-refractivity contribution is 0.0586. The molecule has 22 heavy (non-hydrogen) atoms. The van der Waals surface area contributed by atoms with Gasteiger partial charge < -0.3 is 5.32 Å². The summed E-state index contributed by atoms with van der Waals surface area (Å²) in [4.78, 5) is 2.62. The summed E-state index contributed by atoms with van der Waals surface area (Å²) < 4.78 is 0. The first-order valence-electron chi connectivity index (χ1n) is 8.20. The fourth-order valence-electron chi connectivity index (χ4n) is 3.20. The molecule has 2 heteroatoms. The minimum atomic E-state index is 0.197. The molecule has 0 aromatic heterocycles. The van der Waals surface area contributed by atoms with Gasteiger partial charge in [-0.15, -0.1) is 0 Å². The van der Waals surface area contributed by atoms with E-state index in [0.29, 0.717) is 6.04 Å². The Kier molecular flexibility index (Phi) is 4.60. The van der Waals surface area contributed by atoms with E-state index < -0.39 is 0 Å². The van der Waals surface area contributed by atoms with Gasteiger partial charge in [0.15, 0.2) is 0 Å². The van der Waals surface area contributed by atoms with E-state index in [0.717, 1.165) is 26.1 Å². The van der Waals surface area contributed by atoms with Crippen LogP contribution in [0.4, 0.5) is 0 Å². The largest absolute Gasteiger partial charge is 0.311 e. The van der Waals surface area contributed by atoms with Crippen LogP contribution in [0.25, 0.3) is 0 Å². The minimum absolute atomic E-state index is 0.197. The first-order chi connectivity index (χ1) is 10.6. The van der Waals surface area contributed by atoms with Gasteiger partial charge in [-0.2, -0.15) is 0 Å². The molecule has 2 aromatic rings. The van der Waals surface area contributed by atoms with Crippen LogP contribution in [0.15, 0.2) is 60.7 Å². The van der Waals surface area contributed by atoms with Crippen LogP contribution in [0.5, 0.6) is 0 Å². The predicted octanol–water partition coefficient (Wildman–Crippen LogP) is 3.48. The lowest BCUT2D eigenvalue weighted by atomic mass is 9.94. The number of hydrogen-bond acceptors (Lipinski definition) is 2. The van der Waals surface area contributed by atoms with Crippen molar-refractivity contribution in [3.63, 3.8) is 0 Å². The van der Waals surface area contributed by atoms with E-state index in [1.165, 1.54) is 11.1 Å². The van der Waals surface area contributed by atoms with Crippen LogP contribution in [0.1, 0.15) is 25.0 Å². The van der Waals surface area contributed by atoms with Crippen molar-refractivity contribution in [3.05, 3.63) is 71.8 Å². The van der Waals surface area contributed by atoms with Gasteiger partial charge in [0.05, 0.1) is 0 Å². The number of piperazine rings is 1. The summed E-state index contributed by atoms with van der Waals surface area (Å²) in [7, 11) is 0. The van der Waals surface area contributed by atoms with Crippen LogP contribution in [0, 0.1) is 0 Å². The molecule has 2 aromatic carbocycles. The summed E-state index contributed by atoms with van der Waals surface area (Å²) in [5.74, 6) is 0. The van der Waals surface area contributed by atoms with Crippen LogP contribution in [-0.4, -0.2) is 29.6 Å². The van der Waals surface area contributed by atoms with E-state index in [2.05, 4.69) is 84.7 Å². The zero-order valence-corrected chi connectivity index (χ0v) is 13.6. The van der Waals surface area contributed by atoms with Gasteiger partial charge in [0.2, 0.25) is 0 Å². The standard InChI is InChI=1S/C20H26N2/c1-20(2)16-21-19(13-17-9-5-3-6-10-17)15-22(20)14-18-11-7-4-8-12-18/h3-12,19,21H,13-16H2,1-2H3. The van der Waals surface area contributed by atoms with E-state index in [-0.39, 0.29) is 5.54 Å². The maximum atomic E-state index is 3.73. The van der Waals surface area contributed by atoms with E-state index >= 15 is 0 Å². The Morgan fingerprint density at radius 2 is 1.55 bits per heavy atom. The van der Waals surface area contributed by atoms with Crippen molar-refractivity contribution in [1.82, 2.24) is 10.2 Å². The van der Waals surface area contributed by atoms with Crippen molar-refractivity contribution < 1.29 is 0 Å². The zero-order chi connectivity index (χ0) is 15.4. The molecule has 3 rings (SSSR count). The van der Waals surface area contributed by atoms with Crippen molar-refractivity contribution in [3.8, 4) is 0 Å². The molecule has 116 valence electrons. The molecule has 2 nitrogen and oxygen atoms in total. The number of hydrogen-bond donors (Lipinski definition) is 1. The van der Waals surface area contributed by atoms with Crippen LogP contribution in [0.2, 0.25) is 0 Å². The van der Waals surface area contributed by atoms with Crippen molar-refractivity contribution in [2.24, 2.45) is 0 Å². The molecule has 1 N–H and O–H groups in total. The Morgan fingerprint density at radius 3 is 2.18 bits per heavy atom. The van der Waals surface area contributed by atoms with Gasteiger partial charge in [-0.1, -0.05) is 60.7 Å². The summed E-state index contributed by atoms with van der Waals surface area (Å²) >= 11 is 0. The molecular formula is C20H26N2. The van der Waals surface area contributed by atoms with Crippen molar-refractivity contribution in [1.29, 1.82) is 0 Å². The summed E-state index contributed by atoms with van der Waals surface area (Å²) in [6.07, 6.45) is 1.10. The lowest BCUT2D eigenvalue weighted by Gasteiger charge is -2.46. The van der Waals surface area contributed by atoms with Gasteiger partial charge in [0.25, 0.3) is 0 Å². The van der Waals surface area contributed by atoms with Gasteiger partial charge in [0, 0.05) is 31.2 Å². The molecule has 0 bridgehead atoms. The normalized spacial score (nSPS) is 21.6. The molecule has 1 aliphatic rings. The summed E-state index contributed by atoms with van der Waals surface area (Å²) in [6, 6.07) is 22.1. The van der Waals surface area contributed by atoms with Crippen LogP contribution >= 0.6 is 0 Å². The van der Waals surface area contributed by atoms with Gasteiger partial charge in [-0.25, -0.2) is 0 Å². The molecule has 1 aliphatic heterocycles.